The minimum Gasteiger partial charge on any atom is -0.497 e. The van der Waals surface area contributed by atoms with Gasteiger partial charge in [0.05, 0.1) is 31.0 Å². The Labute approximate surface area is 200 Å². The van der Waals surface area contributed by atoms with Gasteiger partial charge in [0.2, 0.25) is 0 Å². The molecule has 2 aromatic carbocycles. The number of nitrogens with zero attached hydrogens (tertiary/aromatic N) is 3. The summed E-state index contributed by atoms with van der Waals surface area (Å²) in [5, 5.41) is 4.85. The van der Waals surface area contributed by atoms with E-state index in [0.29, 0.717) is 43.9 Å². The van der Waals surface area contributed by atoms with Gasteiger partial charge in [-0.2, -0.15) is 5.10 Å². The fourth-order valence-electron chi connectivity index (χ4n) is 4.31. The van der Waals surface area contributed by atoms with Crippen molar-refractivity contribution < 1.29 is 19.1 Å². The molecule has 0 N–H and O–H groups in total. The molecule has 0 unspecified atom stereocenters. The molecule has 7 nitrogen and oxygen atoms in total. The Morgan fingerprint density at radius 3 is 2.38 bits per heavy atom. The van der Waals surface area contributed by atoms with E-state index in [1.54, 1.807) is 11.8 Å². The number of carbonyl (C=O) groups excluding carboxylic acids is 2. The molecule has 34 heavy (non-hydrogen) atoms. The van der Waals surface area contributed by atoms with Gasteiger partial charge in [-0.25, -0.2) is 4.68 Å². The second-order valence-corrected chi connectivity index (χ2v) is 8.66. The average molecular weight is 462 g/mol. The summed E-state index contributed by atoms with van der Waals surface area (Å²) in [6.45, 7) is 7.25. The first kappa shape index (κ1) is 23.5. The lowest BCUT2D eigenvalue weighted by Gasteiger charge is -2.31. The highest BCUT2D eigenvalue weighted by Gasteiger charge is 2.30. The van der Waals surface area contributed by atoms with Gasteiger partial charge in [-0.3, -0.25) is 9.59 Å². The lowest BCUT2D eigenvalue weighted by Crippen LogP contribution is -2.41. The lowest BCUT2D eigenvalue weighted by molar-refractivity contribution is -0.149. The molecule has 1 fully saturated rings. The van der Waals surface area contributed by atoms with E-state index >= 15 is 0 Å². The van der Waals surface area contributed by atoms with Crippen LogP contribution in [0.4, 0.5) is 0 Å². The molecule has 1 aliphatic heterocycles. The Balaban J connectivity index is 1.67. The molecule has 1 aliphatic rings. The number of hydrogen-bond donors (Lipinski definition) is 0. The summed E-state index contributed by atoms with van der Waals surface area (Å²) in [6.07, 6.45) is 1.21. The van der Waals surface area contributed by atoms with Crippen molar-refractivity contribution in [3.63, 3.8) is 0 Å². The van der Waals surface area contributed by atoms with E-state index in [1.807, 2.05) is 74.2 Å². The van der Waals surface area contributed by atoms with Gasteiger partial charge in [0.15, 0.2) is 0 Å². The molecule has 0 radical (unpaired) electrons. The van der Waals surface area contributed by atoms with Gasteiger partial charge in [-0.1, -0.05) is 12.1 Å². The smallest absolute Gasteiger partial charge is 0.309 e. The average Bonchev–Trinajstić information content (AvgIpc) is 3.30. The molecule has 1 saturated heterocycles. The largest absolute Gasteiger partial charge is 0.497 e. The number of rotatable bonds is 6. The Kier molecular flexibility index (Phi) is 7.01. The number of aryl methyl sites for hydroxylation is 2. The van der Waals surface area contributed by atoms with E-state index in [2.05, 4.69) is 0 Å². The summed E-state index contributed by atoms with van der Waals surface area (Å²) >= 11 is 0. The van der Waals surface area contributed by atoms with Crippen molar-refractivity contribution in [1.82, 2.24) is 14.7 Å². The number of piperidine rings is 1. The van der Waals surface area contributed by atoms with Gasteiger partial charge in [0.1, 0.15) is 11.4 Å². The summed E-state index contributed by atoms with van der Waals surface area (Å²) in [5.41, 5.74) is 5.13. The van der Waals surface area contributed by atoms with Gasteiger partial charge >= 0.3 is 5.97 Å². The summed E-state index contributed by atoms with van der Waals surface area (Å²) in [7, 11) is 1.63. The number of amides is 1. The molecule has 1 amide bonds. The van der Waals surface area contributed by atoms with Crippen molar-refractivity contribution in [1.29, 1.82) is 0 Å². The molecule has 0 saturated carbocycles. The summed E-state index contributed by atoms with van der Waals surface area (Å²) in [6, 6.07) is 15.6. The predicted molar refractivity (Wildman–Crippen MR) is 130 cm³/mol. The van der Waals surface area contributed by atoms with E-state index in [0.717, 1.165) is 28.1 Å². The van der Waals surface area contributed by atoms with Crippen LogP contribution >= 0.6 is 0 Å². The van der Waals surface area contributed by atoms with Crippen molar-refractivity contribution in [3.05, 3.63) is 65.4 Å². The van der Waals surface area contributed by atoms with Crippen LogP contribution in [0.25, 0.3) is 16.9 Å². The Hall–Kier alpha value is -3.61. The number of esters is 1. The van der Waals surface area contributed by atoms with E-state index in [1.165, 1.54) is 0 Å². The molecule has 1 aromatic heterocycles. The van der Waals surface area contributed by atoms with Crippen LogP contribution in [0, 0.1) is 19.8 Å². The third-order valence-corrected chi connectivity index (χ3v) is 6.31. The summed E-state index contributed by atoms with van der Waals surface area (Å²) in [5.74, 6) is 0.355. The maximum atomic E-state index is 13.7. The Bertz CT molecular complexity index is 1180. The normalized spacial score (nSPS) is 14.2. The number of ether oxygens (including phenoxy) is 2. The fourth-order valence-corrected chi connectivity index (χ4v) is 4.31. The first-order valence-electron chi connectivity index (χ1n) is 11.7. The number of benzene rings is 2. The van der Waals surface area contributed by atoms with Gasteiger partial charge < -0.3 is 14.4 Å². The van der Waals surface area contributed by atoms with Crippen LogP contribution in [0.2, 0.25) is 0 Å². The van der Waals surface area contributed by atoms with Crippen LogP contribution in [0.15, 0.2) is 48.5 Å². The van der Waals surface area contributed by atoms with Crippen LogP contribution in [-0.2, 0) is 9.53 Å². The quantitative estimate of drug-likeness (QED) is 0.503. The first-order valence-corrected chi connectivity index (χ1v) is 11.7. The highest BCUT2D eigenvalue weighted by molar-refractivity contribution is 5.94. The zero-order valence-electron chi connectivity index (χ0n) is 20.2. The minimum absolute atomic E-state index is 0.0875. The molecular formula is C27H31N3O4. The maximum Gasteiger partial charge on any atom is 0.309 e. The van der Waals surface area contributed by atoms with Crippen LogP contribution in [0.5, 0.6) is 5.75 Å². The molecule has 0 bridgehead atoms. The van der Waals surface area contributed by atoms with Gasteiger partial charge in [-0.05, 0) is 81.1 Å². The molecule has 4 rings (SSSR count). The molecule has 0 aliphatic carbocycles. The van der Waals surface area contributed by atoms with E-state index in [4.69, 9.17) is 14.6 Å². The van der Waals surface area contributed by atoms with Crippen LogP contribution < -0.4 is 4.74 Å². The fraction of sp³-hybridized carbons (Fsp3) is 0.370. The summed E-state index contributed by atoms with van der Waals surface area (Å²) in [4.78, 5) is 27.6. The molecular weight excluding hydrogens is 430 g/mol. The van der Waals surface area contributed by atoms with Crippen molar-refractivity contribution in [2.75, 3.05) is 26.8 Å². The highest BCUT2D eigenvalue weighted by Crippen LogP contribution is 2.28. The van der Waals surface area contributed by atoms with Crippen molar-refractivity contribution in [2.24, 2.45) is 5.92 Å². The van der Waals surface area contributed by atoms with Gasteiger partial charge in [0.25, 0.3) is 5.91 Å². The zero-order valence-corrected chi connectivity index (χ0v) is 20.2. The minimum atomic E-state index is -0.170. The first-order chi connectivity index (χ1) is 16.4. The molecule has 0 atom stereocenters. The lowest BCUT2D eigenvalue weighted by atomic mass is 9.97. The zero-order chi connectivity index (χ0) is 24.2. The number of hydrogen-bond acceptors (Lipinski definition) is 5. The van der Waals surface area contributed by atoms with Crippen LogP contribution in [0.3, 0.4) is 0 Å². The van der Waals surface area contributed by atoms with Gasteiger partial charge in [-0.15, -0.1) is 0 Å². The Morgan fingerprint density at radius 1 is 1.03 bits per heavy atom. The maximum absolute atomic E-state index is 13.7. The monoisotopic (exact) mass is 461 g/mol. The van der Waals surface area contributed by atoms with E-state index in [-0.39, 0.29) is 17.8 Å². The number of likely N-dealkylation sites (tertiary alicyclic amines) is 1. The number of aromatic nitrogens is 2. The molecule has 3 aromatic rings. The number of methoxy groups -OCH3 is 1. The highest BCUT2D eigenvalue weighted by atomic mass is 16.5. The molecule has 178 valence electrons. The van der Waals surface area contributed by atoms with Gasteiger partial charge in [0, 0.05) is 18.7 Å². The topological polar surface area (TPSA) is 73.7 Å². The number of carbonyl (C=O) groups is 2. The van der Waals surface area contributed by atoms with Crippen LogP contribution in [0.1, 0.15) is 41.4 Å². The summed E-state index contributed by atoms with van der Waals surface area (Å²) < 4.78 is 12.2. The second kappa shape index (κ2) is 10.1. The van der Waals surface area contributed by atoms with Crippen molar-refractivity contribution in [3.8, 4) is 22.7 Å². The third kappa shape index (κ3) is 4.83. The third-order valence-electron chi connectivity index (χ3n) is 6.31. The molecule has 0 spiro atoms. The van der Waals surface area contributed by atoms with E-state index in [9.17, 15) is 9.59 Å². The SMILES string of the molecule is CCOC(=O)C1CCN(C(=O)c2cc(-c3ccc(OC)cc3)nn2-c2cc(C)ccc2C)CC1. The van der Waals surface area contributed by atoms with Crippen molar-refractivity contribution in [2.45, 2.75) is 33.6 Å². The van der Waals surface area contributed by atoms with E-state index < -0.39 is 0 Å². The van der Waals surface area contributed by atoms with Crippen LogP contribution in [-0.4, -0.2) is 53.4 Å². The Morgan fingerprint density at radius 2 is 1.74 bits per heavy atom. The standard InChI is InChI=1S/C27H31N3O4/c1-5-34-27(32)21-12-14-29(15-13-21)26(31)25-17-23(20-8-10-22(33-4)11-9-20)28-30(25)24-16-18(2)6-7-19(24)3/h6-11,16-17,21H,5,12-15H2,1-4H3. The van der Waals surface area contributed by atoms with Crippen molar-refractivity contribution >= 4 is 11.9 Å². The molecule has 2 heterocycles. The second-order valence-electron chi connectivity index (χ2n) is 8.66. The molecule has 7 heteroatoms. The predicted octanol–water partition coefficient (Wildman–Crippen LogP) is 4.58.